The zero-order chi connectivity index (χ0) is 50.4. The molecule has 1 aliphatic rings. The van der Waals surface area contributed by atoms with Gasteiger partial charge in [0.05, 0.1) is 123 Å². The van der Waals surface area contributed by atoms with Crippen LogP contribution in [0.25, 0.3) is 0 Å². The summed E-state index contributed by atoms with van der Waals surface area (Å²) in [5, 5.41) is 25.8. The van der Waals surface area contributed by atoms with Gasteiger partial charge in [-0.3, -0.25) is 28.8 Å². The first kappa shape index (κ1) is 58.6. The van der Waals surface area contributed by atoms with Crippen molar-refractivity contribution in [3.05, 3.63) is 66.4 Å². The van der Waals surface area contributed by atoms with Gasteiger partial charge in [-0.05, 0) is 36.4 Å². The normalized spacial score (nSPS) is 13.4. The van der Waals surface area contributed by atoms with Gasteiger partial charge >= 0.3 is 5.97 Å². The molecule has 4 amide bonds. The second-order valence-corrected chi connectivity index (χ2v) is 15.9. The third kappa shape index (κ3) is 28.1. The van der Waals surface area contributed by atoms with Crippen LogP contribution in [0.3, 0.4) is 0 Å². The van der Waals surface area contributed by atoms with Gasteiger partial charge < -0.3 is 79.6 Å². The van der Waals surface area contributed by atoms with E-state index in [1.165, 1.54) is 30.8 Å². The molecule has 24 heteroatoms. The number of carbonyl (C=O) groups is 6. The molecule has 0 aromatic heterocycles. The number of thioether (sulfide) groups is 1. The SMILES string of the molecule is CCC(NC(=O)CCOCOCCOCCOCCOCCOCCOCCOCCSC(C)=O)Oc1ccccc1NC(=O)C(CC(=O)O)NC(=O)CNC(=O)c1cccc(N=C2NC=CCN2)c1. The van der Waals surface area contributed by atoms with Crippen LogP contribution in [0.2, 0.25) is 0 Å². The summed E-state index contributed by atoms with van der Waals surface area (Å²) in [6.45, 7) is 8.88. The van der Waals surface area contributed by atoms with Crippen LogP contribution in [0.15, 0.2) is 65.8 Å². The monoisotopic (exact) mass is 1010 g/mol. The lowest BCUT2D eigenvalue weighted by molar-refractivity contribution is -0.139. The molecule has 0 bridgehead atoms. The topological polar surface area (TPSA) is 290 Å². The summed E-state index contributed by atoms with van der Waals surface area (Å²) in [6.07, 6.45) is 2.41. The Balaban J connectivity index is 1.22. The van der Waals surface area contributed by atoms with Gasteiger partial charge in [0, 0.05) is 37.4 Å². The second kappa shape index (κ2) is 37.2. The Morgan fingerprint density at radius 2 is 1.36 bits per heavy atom. The number of amides is 4. The largest absolute Gasteiger partial charge is 0.481 e. The number of aliphatic carboxylic acids is 1. The number of guanidine groups is 1. The van der Waals surface area contributed by atoms with Crippen molar-refractivity contribution in [2.45, 2.75) is 45.4 Å². The first-order chi connectivity index (χ1) is 34.0. The number of hydrogen-bond acceptors (Lipinski definition) is 17. The van der Waals surface area contributed by atoms with Crippen LogP contribution >= 0.6 is 11.8 Å². The molecule has 1 aliphatic heterocycles. The van der Waals surface area contributed by atoms with E-state index in [0.29, 0.717) is 110 Å². The van der Waals surface area contributed by atoms with Crippen LogP contribution in [0.1, 0.15) is 43.5 Å². The number of hydrogen-bond donors (Lipinski definition) is 7. The maximum Gasteiger partial charge on any atom is 0.305 e. The number of carboxylic acid groups (broad SMARTS) is 1. The van der Waals surface area contributed by atoms with Crippen LogP contribution < -0.4 is 36.6 Å². The van der Waals surface area contributed by atoms with E-state index >= 15 is 0 Å². The molecule has 388 valence electrons. The van der Waals surface area contributed by atoms with E-state index in [1.54, 1.807) is 49.5 Å². The van der Waals surface area contributed by atoms with Gasteiger partial charge in [0.2, 0.25) is 23.7 Å². The van der Waals surface area contributed by atoms with Gasteiger partial charge in [0.1, 0.15) is 18.6 Å². The van der Waals surface area contributed by atoms with Crippen LogP contribution in [0.5, 0.6) is 5.75 Å². The van der Waals surface area contributed by atoms with Gasteiger partial charge in [-0.2, -0.15) is 0 Å². The Kier molecular flexibility index (Phi) is 31.1. The summed E-state index contributed by atoms with van der Waals surface area (Å²) < 4.78 is 49.4. The molecule has 70 heavy (non-hydrogen) atoms. The standard InChI is InChI=1S/C46H67N7O16S/c1-3-42(53-40(55)12-15-67-33-68-27-26-65-23-22-63-19-18-61-16-17-62-20-21-64-24-25-66-28-29-70-34(2)54)69-39-11-5-4-10-37(39)52-45(60)38(31-43(57)58)51-41(56)32-49-44(59)35-8-6-9-36(30-35)50-46-47-13-7-14-48-46/h4-11,13,30,38,42H,3,12,14-29,31-33H2,1-2H3,(H,49,59)(H,51,56)(H,52,60)(H,53,55)(H,57,58)(H2,47,48,50). The van der Waals surface area contributed by atoms with E-state index in [1.807, 2.05) is 6.08 Å². The average Bonchev–Trinajstić information content (AvgIpc) is 3.34. The first-order valence-electron chi connectivity index (χ1n) is 22.8. The number of para-hydroxylation sites is 2. The predicted octanol–water partition coefficient (Wildman–Crippen LogP) is 1.70. The summed E-state index contributed by atoms with van der Waals surface area (Å²) in [5.74, 6) is -2.63. The molecule has 23 nitrogen and oxygen atoms in total. The Hall–Kier alpha value is -5.70. The van der Waals surface area contributed by atoms with E-state index in [0.717, 1.165) is 0 Å². The Labute approximate surface area is 411 Å². The lowest BCUT2D eigenvalue weighted by Crippen LogP contribution is -2.48. The van der Waals surface area contributed by atoms with Crippen LogP contribution in [0.4, 0.5) is 11.4 Å². The van der Waals surface area contributed by atoms with Crippen molar-refractivity contribution < 1.29 is 76.5 Å². The molecule has 1 heterocycles. The van der Waals surface area contributed by atoms with Crippen molar-refractivity contribution in [3.8, 4) is 5.75 Å². The van der Waals surface area contributed by atoms with Crippen molar-refractivity contribution in [2.24, 2.45) is 4.99 Å². The summed E-state index contributed by atoms with van der Waals surface area (Å²) >= 11 is 1.24. The molecule has 2 aromatic rings. The highest BCUT2D eigenvalue weighted by Gasteiger charge is 2.25. The molecule has 2 aromatic carbocycles. The fourth-order valence-electron chi connectivity index (χ4n) is 5.63. The fraction of sp³-hybridized carbons (Fsp3) is 0.543. The highest BCUT2D eigenvalue weighted by molar-refractivity contribution is 8.13. The number of carbonyl (C=O) groups excluding carboxylic acids is 5. The average molecular weight is 1010 g/mol. The molecule has 0 spiro atoms. The Bertz CT molecular complexity index is 1940. The molecule has 0 saturated carbocycles. The van der Waals surface area contributed by atoms with Crippen molar-refractivity contribution in [1.82, 2.24) is 26.6 Å². The maximum absolute atomic E-state index is 13.3. The molecular formula is C46H67N7O16S. The Morgan fingerprint density at radius 3 is 1.96 bits per heavy atom. The third-order valence-corrected chi connectivity index (χ3v) is 9.80. The van der Waals surface area contributed by atoms with Crippen molar-refractivity contribution in [3.63, 3.8) is 0 Å². The smallest absolute Gasteiger partial charge is 0.305 e. The summed E-state index contributed by atoms with van der Waals surface area (Å²) in [7, 11) is 0. The zero-order valence-electron chi connectivity index (χ0n) is 39.7. The van der Waals surface area contributed by atoms with E-state index in [9.17, 15) is 33.9 Å². The van der Waals surface area contributed by atoms with E-state index in [4.69, 9.17) is 42.6 Å². The van der Waals surface area contributed by atoms with Crippen LogP contribution in [-0.4, -0.2) is 176 Å². The number of carboxylic acids is 1. The number of aliphatic imine (C=N–C) groups is 1. The molecule has 0 fully saturated rings. The minimum Gasteiger partial charge on any atom is -0.481 e. The highest BCUT2D eigenvalue weighted by atomic mass is 32.2. The van der Waals surface area contributed by atoms with Crippen LogP contribution in [0, 0.1) is 0 Å². The van der Waals surface area contributed by atoms with E-state index in [2.05, 4.69) is 36.9 Å². The van der Waals surface area contributed by atoms with Crippen molar-refractivity contribution in [1.29, 1.82) is 0 Å². The number of benzene rings is 2. The molecule has 0 radical (unpaired) electrons. The maximum atomic E-state index is 13.3. The van der Waals surface area contributed by atoms with Gasteiger partial charge in [-0.25, -0.2) is 4.99 Å². The zero-order valence-corrected chi connectivity index (χ0v) is 40.5. The lowest BCUT2D eigenvalue weighted by atomic mass is 10.1. The van der Waals surface area contributed by atoms with Gasteiger partial charge in [0.15, 0.2) is 11.3 Å². The number of nitrogens with one attached hydrogen (secondary N) is 6. The molecule has 7 N–H and O–H groups in total. The minimum absolute atomic E-state index is 0.00905. The quantitative estimate of drug-likeness (QED) is 0.0371. The summed E-state index contributed by atoms with van der Waals surface area (Å²) in [5.41, 5.74) is 0.871. The lowest BCUT2D eigenvalue weighted by Gasteiger charge is -2.22. The number of ether oxygens (including phenoxy) is 9. The Morgan fingerprint density at radius 1 is 0.743 bits per heavy atom. The number of anilines is 1. The molecule has 0 saturated heterocycles. The molecule has 2 atom stereocenters. The van der Waals surface area contributed by atoms with E-state index in [-0.39, 0.29) is 54.5 Å². The van der Waals surface area contributed by atoms with Gasteiger partial charge in [-0.15, -0.1) is 0 Å². The first-order valence-corrected chi connectivity index (χ1v) is 23.8. The van der Waals surface area contributed by atoms with Crippen molar-refractivity contribution in [2.75, 3.05) is 123 Å². The third-order valence-electron chi connectivity index (χ3n) is 9.03. The molecule has 3 rings (SSSR count). The molecule has 0 aliphatic carbocycles. The van der Waals surface area contributed by atoms with Crippen molar-refractivity contribution >= 4 is 63.8 Å². The minimum atomic E-state index is -1.52. The second-order valence-electron chi connectivity index (χ2n) is 14.6. The molecule has 2 unspecified atom stereocenters. The van der Waals surface area contributed by atoms with Gasteiger partial charge in [-0.1, -0.05) is 36.9 Å². The summed E-state index contributed by atoms with van der Waals surface area (Å²) in [4.78, 5) is 78.6. The van der Waals surface area contributed by atoms with Gasteiger partial charge in [0.25, 0.3) is 5.91 Å². The summed E-state index contributed by atoms with van der Waals surface area (Å²) in [6, 6.07) is 11.2. The fourth-order valence-corrected chi connectivity index (χ4v) is 6.12. The van der Waals surface area contributed by atoms with E-state index < -0.39 is 48.9 Å². The number of nitrogens with zero attached hydrogens (tertiary/aromatic N) is 1. The number of rotatable bonds is 39. The van der Waals surface area contributed by atoms with Crippen LogP contribution in [-0.2, 0) is 61.9 Å². The predicted molar refractivity (Wildman–Crippen MR) is 258 cm³/mol. The molecular weight excluding hydrogens is 939 g/mol. The highest BCUT2D eigenvalue weighted by Crippen LogP contribution is 2.25.